The quantitative estimate of drug-likeness (QED) is 0.669. The summed E-state index contributed by atoms with van der Waals surface area (Å²) in [5.74, 6) is 0. The molecule has 18 heavy (non-hydrogen) atoms. The van der Waals surface area contributed by atoms with Crippen molar-refractivity contribution in [3.8, 4) is 0 Å². The summed E-state index contributed by atoms with van der Waals surface area (Å²) >= 11 is 0. The van der Waals surface area contributed by atoms with E-state index >= 15 is 0 Å². The van der Waals surface area contributed by atoms with E-state index in [4.69, 9.17) is 0 Å². The van der Waals surface area contributed by atoms with Gasteiger partial charge < -0.3 is 5.32 Å². The minimum absolute atomic E-state index is 0.171. The highest BCUT2D eigenvalue weighted by molar-refractivity contribution is 7.87. The van der Waals surface area contributed by atoms with Gasteiger partial charge in [0.25, 0.3) is 10.2 Å². The van der Waals surface area contributed by atoms with Gasteiger partial charge in [-0.3, -0.25) is 0 Å². The van der Waals surface area contributed by atoms with Crippen molar-refractivity contribution in [3.63, 3.8) is 0 Å². The monoisotopic (exact) mass is 289 g/mol. The van der Waals surface area contributed by atoms with E-state index < -0.39 is 21.9 Å². The van der Waals surface area contributed by atoms with E-state index in [2.05, 4.69) is 5.32 Å². The van der Waals surface area contributed by atoms with Crippen molar-refractivity contribution in [1.29, 1.82) is 0 Å². The number of alkyl halides is 3. The summed E-state index contributed by atoms with van der Waals surface area (Å²) in [5, 5.41) is 2.84. The van der Waals surface area contributed by atoms with Crippen molar-refractivity contribution in [1.82, 2.24) is 14.3 Å². The van der Waals surface area contributed by atoms with Crippen molar-refractivity contribution in [2.75, 3.05) is 27.2 Å². The van der Waals surface area contributed by atoms with Crippen LogP contribution in [0.5, 0.6) is 0 Å². The molecule has 108 valence electrons. The summed E-state index contributed by atoms with van der Waals surface area (Å²) in [6.45, 7) is 0.772. The zero-order valence-electron chi connectivity index (χ0n) is 10.3. The van der Waals surface area contributed by atoms with Gasteiger partial charge in [0, 0.05) is 13.6 Å². The molecule has 0 unspecified atom stereocenters. The maximum absolute atomic E-state index is 12.6. The molecule has 0 aromatic rings. The first kappa shape index (κ1) is 15.7. The Labute approximate surface area is 105 Å². The lowest BCUT2D eigenvalue weighted by Gasteiger charge is -2.24. The van der Waals surface area contributed by atoms with Gasteiger partial charge in [0.2, 0.25) is 0 Å². The Hall–Kier alpha value is -0.380. The first-order chi connectivity index (χ1) is 8.15. The second-order valence-corrected chi connectivity index (χ2v) is 6.24. The molecule has 1 aliphatic rings. The molecule has 0 heterocycles. The van der Waals surface area contributed by atoms with Gasteiger partial charge in [-0.05, 0) is 32.9 Å². The van der Waals surface area contributed by atoms with Crippen LogP contribution in [0.25, 0.3) is 0 Å². The van der Waals surface area contributed by atoms with Gasteiger partial charge in [0.15, 0.2) is 0 Å². The van der Waals surface area contributed by atoms with Gasteiger partial charge in [0.05, 0.1) is 0 Å². The molecule has 0 radical (unpaired) electrons. The van der Waals surface area contributed by atoms with Crippen LogP contribution in [0.2, 0.25) is 0 Å². The molecule has 0 amide bonds. The largest absolute Gasteiger partial charge is 0.407 e. The topological polar surface area (TPSA) is 61.4 Å². The van der Waals surface area contributed by atoms with Gasteiger partial charge in [-0.25, -0.2) is 0 Å². The molecular formula is C9H18F3N3O2S. The molecule has 5 nitrogen and oxygen atoms in total. The number of nitrogens with zero attached hydrogens (tertiary/aromatic N) is 1. The van der Waals surface area contributed by atoms with Gasteiger partial charge in [-0.15, -0.1) is 0 Å². The fourth-order valence-electron chi connectivity index (χ4n) is 1.49. The van der Waals surface area contributed by atoms with Crippen molar-refractivity contribution in [2.45, 2.75) is 31.0 Å². The molecule has 1 saturated carbocycles. The summed E-state index contributed by atoms with van der Waals surface area (Å²) in [6, 6.07) is 0. The highest BCUT2D eigenvalue weighted by Gasteiger charge is 2.65. The van der Waals surface area contributed by atoms with E-state index in [0.29, 0.717) is 13.0 Å². The SMILES string of the molecule is CNCCCN(C)S(=O)(=O)NC1(C(F)(F)F)CC1. The summed E-state index contributed by atoms with van der Waals surface area (Å²) in [7, 11) is -1.10. The number of halogens is 3. The lowest BCUT2D eigenvalue weighted by molar-refractivity contribution is -0.161. The molecule has 0 saturated heterocycles. The molecule has 0 aliphatic heterocycles. The van der Waals surface area contributed by atoms with Crippen molar-refractivity contribution >= 4 is 10.2 Å². The standard InChI is InChI=1S/C9H18F3N3O2S/c1-13-6-3-7-15(2)18(16,17)14-8(4-5-8)9(10,11)12/h13-14H,3-7H2,1-2H3. The van der Waals surface area contributed by atoms with Crippen LogP contribution in [0, 0.1) is 0 Å². The Kier molecular flexibility index (Phi) is 4.63. The molecule has 1 fully saturated rings. The first-order valence-electron chi connectivity index (χ1n) is 5.61. The summed E-state index contributed by atoms with van der Waals surface area (Å²) < 4.78 is 64.0. The average Bonchev–Trinajstić information content (AvgIpc) is 2.97. The van der Waals surface area contributed by atoms with Crippen LogP contribution in [-0.4, -0.2) is 51.6 Å². The molecule has 9 heteroatoms. The van der Waals surface area contributed by atoms with E-state index in [1.54, 1.807) is 11.8 Å². The van der Waals surface area contributed by atoms with Crippen LogP contribution < -0.4 is 10.0 Å². The van der Waals surface area contributed by atoms with Gasteiger partial charge in [-0.1, -0.05) is 0 Å². The van der Waals surface area contributed by atoms with Crippen LogP contribution in [0.15, 0.2) is 0 Å². The predicted octanol–water partition coefficient (Wildman–Crippen LogP) is 0.457. The van der Waals surface area contributed by atoms with E-state index in [0.717, 1.165) is 4.31 Å². The third-order valence-corrected chi connectivity index (χ3v) is 4.58. The first-order valence-corrected chi connectivity index (χ1v) is 7.05. The molecule has 0 atom stereocenters. The average molecular weight is 289 g/mol. The molecule has 0 aromatic carbocycles. The Morgan fingerprint density at radius 3 is 2.28 bits per heavy atom. The number of hydrogen-bond acceptors (Lipinski definition) is 3. The van der Waals surface area contributed by atoms with E-state index in [9.17, 15) is 21.6 Å². The lowest BCUT2D eigenvalue weighted by Crippen LogP contribution is -2.52. The fourth-order valence-corrected chi connectivity index (χ4v) is 2.83. The third-order valence-electron chi connectivity index (χ3n) is 2.93. The maximum atomic E-state index is 12.6. The summed E-state index contributed by atoms with van der Waals surface area (Å²) in [6.07, 6.45) is -4.39. The van der Waals surface area contributed by atoms with Crippen molar-refractivity contribution in [3.05, 3.63) is 0 Å². The lowest BCUT2D eigenvalue weighted by atomic mass is 10.3. The maximum Gasteiger partial charge on any atom is 0.407 e. The Morgan fingerprint density at radius 1 is 1.33 bits per heavy atom. The Bertz CT molecular complexity index is 379. The highest BCUT2D eigenvalue weighted by Crippen LogP contribution is 2.49. The summed E-state index contributed by atoms with van der Waals surface area (Å²) in [4.78, 5) is 0. The molecular weight excluding hydrogens is 271 g/mol. The Balaban J connectivity index is 2.60. The molecule has 0 aromatic heterocycles. The summed E-state index contributed by atoms with van der Waals surface area (Å²) in [5.41, 5.74) is -2.25. The fraction of sp³-hybridized carbons (Fsp3) is 1.00. The Morgan fingerprint density at radius 2 is 1.89 bits per heavy atom. The van der Waals surface area contributed by atoms with Gasteiger partial charge in [0.1, 0.15) is 5.54 Å². The molecule has 0 spiro atoms. The minimum Gasteiger partial charge on any atom is -0.320 e. The minimum atomic E-state index is -4.54. The van der Waals surface area contributed by atoms with Gasteiger partial charge in [-0.2, -0.15) is 30.6 Å². The number of rotatable bonds is 7. The van der Waals surface area contributed by atoms with Gasteiger partial charge >= 0.3 is 6.18 Å². The molecule has 1 rings (SSSR count). The second kappa shape index (κ2) is 5.32. The number of hydrogen-bond donors (Lipinski definition) is 2. The van der Waals surface area contributed by atoms with E-state index in [-0.39, 0.29) is 19.4 Å². The molecule has 2 N–H and O–H groups in total. The van der Waals surface area contributed by atoms with Crippen LogP contribution in [0.4, 0.5) is 13.2 Å². The normalized spacial score (nSPS) is 19.2. The zero-order chi connectivity index (χ0) is 14.0. The van der Waals surface area contributed by atoms with Crippen molar-refractivity contribution in [2.24, 2.45) is 0 Å². The van der Waals surface area contributed by atoms with E-state index in [1.807, 2.05) is 0 Å². The second-order valence-electron chi connectivity index (χ2n) is 4.47. The van der Waals surface area contributed by atoms with E-state index in [1.165, 1.54) is 7.05 Å². The number of nitrogens with one attached hydrogen (secondary N) is 2. The third kappa shape index (κ3) is 3.56. The van der Waals surface area contributed by atoms with Crippen LogP contribution >= 0.6 is 0 Å². The van der Waals surface area contributed by atoms with Crippen LogP contribution in [0.3, 0.4) is 0 Å². The molecule has 0 bridgehead atoms. The zero-order valence-corrected chi connectivity index (χ0v) is 11.2. The predicted molar refractivity (Wildman–Crippen MR) is 61.2 cm³/mol. The highest BCUT2D eigenvalue weighted by atomic mass is 32.2. The smallest absolute Gasteiger partial charge is 0.320 e. The van der Waals surface area contributed by atoms with Crippen LogP contribution in [-0.2, 0) is 10.2 Å². The van der Waals surface area contributed by atoms with Crippen molar-refractivity contribution < 1.29 is 21.6 Å². The molecule has 1 aliphatic carbocycles. The van der Waals surface area contributed by atoms with Crippen LogP contribution in [0.1, 0.15) is 19.3 Å².